The van der Waals surface area contributed by atoms with Crippen LogP contribution in [0.15, 0.2) is 35.3 Å². The van der Waals surface area contributed by atoms with Gasteiger partial charge in [0.25, 0.3) is 5.56 Å². The Hall–Kier alpha value is -2.25. The summed E-state index contributed by atoms with van der Waals surface area (Å²) in [6.45, 7) is 2.05. The maximum absolute atomic E-state index is 12.2. The van der Waals surface area contributed by atoms with E-state index in [-0.39, 0.29) is 16.4 Å². The molecule has 2 aromatic rings. The first-order chi connectivity index (χ1) is 9.63. The second-order valence-corrected chi connectivity index (χ2v) is 4.46. The number of benzene rings is 1. The van der Waals surface area contributed by atoms with Crippen LogP contribution in [-0.4, -0.2) is 16.7 Å². The molecule has 0 aliphatic heterocycles. The molecule has 0 aliphatic carbocycles. The summed E-state index contributed by atoms with van der Waals surface area (Å²) >= 11 is 5.91. The molecular formula is C15H13ClN2O2. The Kier molecular flexibility index (Phi) is 4.44. The first-order valence-corrected chi connectivity index (χ1v) is 6.34. The Morgan fingerprint density at radius 1 is 1.35 bits per heavy atom. The minimum atomic E-state index is -0.250. The van der Waals surface area contributed by atoms with E-state index in [1.807, 2.05) is 24.3 Å². The Labute approximate surface area is 122 Å². The molecule has 0 aliphatic rings. The minimum absolute atomic E-state index is 0.161. The Morgan fingerprint density at radius 2 is 2.05 bits per heavy atom. The van der Waals surface area contributed by atoms with Gasteiger partial charge in [0.15, 0.2) is 5.69 Å². The lowest BCUT2D eigenvalue weighted by Crippen LogP contribution is -2.24. The van der Waals surface area contributed by atoms with Gasteiger partial charge in [0.1, 0.15) is 10.9 Å². The maximum Gasteiger partial charge on any atom is 0.285 e. The normalized spacial score (nSPS) is 9.75. The van der Waals surface area contributed by atoms with Crippen LogP contribution in [0.1, 0.15) is 18.2 Å². The number of nitrogens with zero attached hydrogens (tertiary/aromatic N) is 2. The predicted molar refractivity (Wildman–Crippen MR) is 78.2 cm³/mol. The smallest absolute Gasteiger partial charge is 0.285 e. The number of rotatable bonds is 3. The van der Waals surface area contributed by atoms with Crippen molar-refractivity contribution in [2.75, 3.05) is 7.11 Å². The van der Waals surface area contributed by atoms with Crippen LogP contribution < -0.4 is 10.3 Å². The summed E-state index contributed by atoms with van der Waals surface area (Å²) in [7, 11) is 1.61. The van der Waals surface area contributed by atoms with Crippen LogP contribution in [0, 0.1) is 11.8 Å². The molecule has 1 aromatic carbocycles. The van der Waals surface area contributed by atoms with E-state index in [0.717, 1.165) is 11.3 Å². The number of halogens is 1. The van der Waals surface area contributed by atoms with Crippen LogP contribution in [0.4, 0.5) is 0 Å². The van der Waals surface area contributed by atoms with Gasteiger partial charge in [-0.25, -0.2) is 4.98 Å². The monoisotopic (exact) mass is 288 g/mol. The highest BCUT2D eigenvalue weighted by atomic mass is 35.5. The van der Waals surface area contributed by atoms with Crippen molar-refractivity contribution in [3.05, 3.63) is 57.2 Å². The van der Waals surface area contributed by atoms with Gasteiger partial charge in [0.05, 0.1) is 13.7 Å². The van der Waals surface area contributed by atoms with E-state index in [2.05, 4.69) is 16.8 Å². The molecule has 0 atom stereocenters. The average Bonchev–Trinajstić information content (AvgIpc) is 2.45. The summed E-state index contributed by atoms with van der Waals surface area (Å²) < 4.78 is 6.59. The molecule has 20 heavy (non-hydrogen) atoms. The Morgan fingerprint density at radius 3 is 2.65 bits per heavy atom. The topological polar surface area (TPSA) is 44.1 Å². The van der Waals surface area contributed by atoms with Crippen molar-refractivity contribution < 1.29 is 4.74 Å². The van der Waals surface area contributed by atoms with Crippen molar-refractivity contribution >= 4 is 11.6 Å². The molecule has 4 nitrogen and oxygen atoms in total. The Bertz CT molecular complexity index is 724. The SMILES string of the molecule is CC#Cc1nc(Cl)cn(Cc2ccc(OC)cc2)c1=O. The lowest BCUT2D eigenvalue weighted by atomic mass is 10.2. The second-order valence-electron chi connectivity index (χ2n) is 4.07. The van der Waals surface area contributed by atoms with Gasteiger partial charge in [0, 0.05) is 6.20 Å². The molecule has 1 aromatic heterocycles. The molecule has 0 saturated heterocycles. The van der Waals surface area contributed by atoms with Crippen LogP contribution >= 0.6 is 11.6 Å². The first kappa shape index (κ1) is 14.2. The molecule has 0 bridgehead atoms. The fourth-order valence-corrected chi connectivity index (χ4v) is 1.95. The fourth-order valence-electron chi connectivity index (χ4n) is 1.75. The molecule has 2 rings (SSSR count). The van der Waals surface area contributed by atoms with Gasteiger partial charge in [0.2, 0.25) is 0 Å². The molecule has 0 spiro atoms. The summed E-state index contributed by atoms with van der Waals surface area (Å²) in [6.07, 6.45) is 1.51. The van der Waals surface area contributed by atoms with E-state index >= 15 is 0 Å². The maximum atomic E-state index is 12.2. The van der Waals surface area contributed by atoms with Gasteiger partial charge < -0.3 is 9.30 Å². The molecule has 102 valence electrons. The molecule has 0 N–H and O–H groups in total. The molecule has 0 unspecified atom stereocenters. The van der Waals surface area contributed by atoms with Gasteiger partial charge in [-0.05, 0) is 30.5 Å². The summed E-state index contributed by atoms with van der Waals surface area (Å²) in [5.74, 6) is 6.09. The number of hydrogen-bond acceptors (Lipinski definition) is 3. The predicted octanol–water partition coefficient (Wildman–Crippen LogP) is 2.33. The zero-order valence-electron chi connectivity index (χ0n) is 11.2. The van der Waals surface area contributed by atoms with E-state index in [4.69, 9.17) is 16.3 Å². The third kappa shape index (κ3) is 3.19. The summed E-state index contributed by atoms with van der Waals surface area (Å²) in [5.41, 5.74) is 0.874. The third-order valence-electron chi connectivity index (χ3n) is 2.70. The molecule has 0 radical (unpaired) electrons. The molecule has 1 heterocycles. The van der Waals surface area contributed by atoms with Crippen LogP contribution in [0.5, 0.6) is 5.75 Å². The van der Waals surface area contributed by atoms with Crippen LogP contribution in [0.3, 0.4) is 0 Å². The highest BCUT2D eigenvalue weighted by Crippen LogP contribution is 2.12. The molecule has 5 heteroatoms. The number of methoxy groups -OCH3 is 1. The van der Waals surface area contributed by atoms with Gasteiger partial charge in [-0.2, -0.15) is 0 Å². The van der Waals surface area contributed by atoms with E-state index in [0.29, 0.717) is 6.54 Å². The number of ether oxygens (including phenoxy) is 1. The standard InChI is InChI=1S/C15H13ClN2O2/c1-3-4-13-15(19)18(10-14(16)17-13)9-11-5-7-12(20-2)8-6-11/h5-8,10H,9H2,1-2H3. The highest BCUT2D eigenvalue weighted by molar-refractivity contribution is 6.29. The van der Waals surface area contributed by atoms with Crippen molar-refractivity contribution in [2.45, 2.75) is 13.5 Å². The van der Waals surface area contributed by atoms with Gasteiger partial charge >= 0.3 is 0 Å². The van der Waals surface area contributed by atoms with Gasteiger partial charge in [-0.15, -0.1) is 0 Å². The van der Waals surface area contributed by atoms with E-state index in [9.17, 15) is 4.79 Å². The molecule has 0 saturated carbocycles. The van der Waals surface area contributed by atoms with Crippen molar-refractivity contribution in [3.63, 3.8) is 0 Å². The summed E-state index contributed by atoms with van der Waals surface area (Å²) in [5, 5.41) is 0.246. The van der Waals surface area contributed by atoms with E-state index in [1.54, 1.807) is 14.0 Å². The average molecular weight is 289 g/mol. The lowest BCUT2D eigenvalue weighted by Gasteiger charge is -2.07. The quantitative estimate of drug-likeness (QED) is 0.814. The Balaban J connectivity index is 2.36. The molecule has 0 amide bonds. The van der Waals surface area contributed by atoms with Crippen molar-refractivity contribution in [1.29, 1.82) is 0 Å². The highest BCUT2D eigenvalue weighted by Gasteiger charge is 2.06. The van der Waals surface area contributed by atoms with E-state index < -0.39 is 0 Å². The number of hydrogen-bond donors (Lipinski definition) is 0. The van der Waals surface area contributed by atoms with Crippen LogP contribution in [0.2, 0.25) is 5.15 Å². The van der Waals surface area contributed by atoms with Crippen LogP contribution in [-0.2, 0) is 6.54 Å². The van der Waals surface area contributed by atoms with Gasteiger partial charge in [-0.3, -0.25) is 4.79 Å². The summed E-state index contributed by atoms with van der Waals surface area (Å²) in [6, 6.07) is 7.47. The molecular weight excluding hydrogens is 276 g/mol. The van der Waals surface area contributed by atoms with E-state index in [1.165, 1.54) is 10.8 Å². The minimum Gasteiger partial charge on any atom is -0.497 e. The first-order valence-electron chi connectivity index (χ1n) is 5.96. The van der Waals surface area contributed by atoms with Crippen molar-refractivity contribution in [3.8, 4) is 17.6 Å². The lowest BCUT2D eigenvalue weighted by molar-refractivity contribution is 0.414. The zero-order chi connectivity index (χ0) is 14.5. The number of aromatic nitrogens is 2. The van der Waals surface area contributed by atoms with Crippen molar-refractivity contribution in [2.24, 2.45) is 0 Å². The van der Waals surface area contributed by atoms with Crippen molar-refractivity contribution in [1.82, 2.24) is 9.55 Å². The summed E-state index contributed by atoms with van der Waals surface area (Å²) in [4.78, 5) is 16.1. The van der Waals surface area contributed by atoms with Crippen LogP contribution in [0.25, 0.3) is 0 Å². The fraction of sp³-hybridized carbons (Fsp3) is 0.200. The third-order valence-corrected chi connectivity index (χ3v) is 2.88. The van der Waals surface area contributed by atoms with Gasteiger partial charge in [-0.1, -0.05) is 29.7 Å². The largest absolute Gasteiger partial charge is 0.497 e. The molecule has 0 fully saturated rings. The second kappa shape index (κ2) is 6.27. The zero-order valence-corrected chi connectivity index (χ0v) is 11.9.